The summed E-state index contributed by atoms with van der Waals surface area (Å²) in [6.07, 6.45) is 0.456. The van der Waals surface area contributed by atoms with E-state index in [2.05, 4.69) is 14.9 Å². The SMILES string of the molecule is CCc1noc(NS(=O)(=O)c2cc(F)cc(C(=O)OC)c2)n1. The molecule has 2 aromatic rings. The van der Waals surface area contributed by atoms with E-state index in [1.807, 2.05) is 4.72 Å². The topological polar surface area (TPSA) is 111 Å². The Morgan fingerprint density at radius 3 is 2.73 bits per heavy atom. The van der Waals surface area contributed by atoms with Gasteiger partial charge in [0.2, 0.25) is 0 Å². The van der Waals surface area contributed by atoms with E-state index in [1.54, 1.807) is 6.92 Å². The van der Waals surface area contributed by atoms with Crippen molar-refractivity contribution >= 4 is 22.0 Å². The molecule has 22 heavy (non-hydrogen) atoms. The minimum Gasteiger partial charge on any atom is -0.465 e. The van der Waals surface area contributed by atoms with Gasteiger partial charge in [0.05, 0.1) is 17.6 Å². The molecule has 0 aliphatic carbocycles. The third-order valence-corrected chi connectivity index (χ3v) is 3.91. The highest BCUT2D eigenvalue weighted by molar-refractivity contribution is 7.92. The van der Waals surface area contributed by atoms with Crippen LogP contribution in [0.3, 0.4) is 0 Å². The van der Waals surface area contributed by atoms with Crippen LogP contribution in [-0.4, -0.2) is 31.6 Å². The summed E-state index contributed by atoms with van der Waals surface area (Å²) in [5, 5.41) is 3.53. The van der Waals surface area contributed by atoms with Crippen molar-refractivity contribution in [3.8, 4) is 0 Å². The first-order valence-corrected chi connectivity index (χ1v) is 7.58. The summed E-state index contributed by atoms with van der Waals surface area (Å²) in [7, 11) is -3.09. The van der Waals surface area contributed by atoms with Crippen molar-refractivity contribution in [2.45, 2.75) is 18.2 Å². The van der Waals surface area contributed by atoms with Gasteiger partial charge in [-0.2, -0.15) is 4.98 Å². The van der Waals surface area contributed by atoms with Crippen LogP contribution in [0.15, 0.2) is 27.6 Å². The van der Waals surface area contributed by atoms with E-state index in [4.69, 9.17) is 4.52 Å². The van der Waals surface area contributed by atoms with Gasteiger partial charge in [-0.25, -0.2) is 22.3 Å². The molecule has 2 rings (SSSR count). The maximum absolute atomic E-state index is 13.5. The third kappa shape index (κ3) is 3.39. The molecule has 118 valence electrons. The number of hydrogen-bond donors (Lipinski definition) is 1. The zero-order valence-corrected chi connectivity index (χ0v) is 12.5. The smallest absolute Gasteiger partial charge is 0.337 e. The number of aryl methyl sites for hydroxylation is 1. The second-order valence-corrected chi connectivity index (χ2v) is 5.82. The molecule has 0 bridgehead atoms. The van der Waals surface area contributed by atoms with Crippen LogP contribution in [0.2, 0.25) is 0 Å². The van der Waals surface area contributed by atoms with Crippen LogP contribution in [0.4, 0.5) is 10.4 Å². The predicted molar refractivity (Wildman–Crippen MR) is 72.2 cm³/mol. The number of halogens is 1. The molecule has 0 atom stereocenters. The van der Waals surface area contributed by atoms with Crippen molar-refractivity contribution in [1.29, 1.82) is 0 Å². The second-order valence-electron chi connectivity index (χ2n) is 4.14. The molecule has 10 heteroatoms. The monoisotopic (exact) mass is 329 g/mol. The van der Waals surface area contributed by atoms with Crippen LogP contribution < -0.4 is 4.72 Å². The summed E-state index contributed by atoms with van der Waals surface area (Å²) in [5.41, 5.74) is -0.234. The Morgan fingerprint density at radius 1 is 1.41 bits per heavy atom. The molecule has 0 unspecified atom stereocenters. The zero-order valence-electron chi connectivity index (χ0n) is 11.7. The number of nitrogens with one attached hydrogen (secondary N) is 1. The lowest BCUT2D eigenvalue weighted by molar-refractivity contribution is 0.0600. The van der Waals surface area contributed by atoms with Gasteiger partial charge in [-0.1, -0.05) is 12.1 Å². The number of ether oxygens (including phenoxy) is 1. The predicted octanol–water partition coefficient (Wildman–Crippen LogP) is 1.36. The van der Waals surface area contributed by atoms with Crippen molar-refractivity contribution in [2.75, 3.05) is 11.8 Å². The molecule has 0 spiro atoms. The Kier molecular flexibility index (Phi) is 4.40. The van der Waals surface area contributed by atoms with Gasteiger partial charge < -0.3 is 9.26 Å². The van der Waals surface area contributed by atoms with Gasteiger partial charge in [-0.3, -0.25) is 0 Å². The minimum absolute atomic E-state index is 0.234. The number of aromatic nitrogens is 2. The Bertz CT molecular complexity index is 803. The molecule has 0 amide bonds. The number of rotatable bonds is 5. The van der Waals surface area contributed by atoms with Gasteiger partial charge in [0.1, 0.15) is 5.82 Å². The highest BCUT2D eigenvalue weighted by Gasteiger charge is 2.21. The zero-order chi connectivity index (χ0) is 16.3. The molecular weight excluding hydrogens is 317 g/mol. The molecule has 0 aliphatic rings. The lowest BCUT2D eigenvalue weighted by atomic mass is 10.2. The van der Waals surface area contributed by atoms with E-state index >= 15 is 0 Å². The fourth-order valence-electron chi connectivity index (χ4n) is 1.57. The molecule has 0 saturated heterocycles. The molecule has 1 N–H and O–H groups in total. The average molecular weight is 329 g/mol. The average Bonchev–Trinajstić information content (AvgIpc) is 2.92. The summed E-state index contributed by atoms with van der Waals surface area (Å²) in [4.78, 5) is 14.7. The maximum atomic E-state index is 13.5. The standard InChI is InChI=1S/C12H12FN3O5S/c1-3-10-14-12(21-15-10)16-22(18,19)9-5-7(11(17)20-2)4-8(13)6-9/h4-6H,3H2,1-2H3,(H,14,15,16). The Morgan fingerprint density at radius 2 is 2.14 bits per heavy atom. The number of esters is 1. The minimum atomic E-state index is -4.19. The first-order valence-electron chi connectivity index (χ1n) is 6.10. The molecule has 8 nitrogen and oxygen atoms in total. The number of sulfonamides is 1. The molecule has 1 heterocycles. The van der Waals surface area contributed by atoms with Gasteiger partial charge in [0.15, 0.2) is 5.82 Å². The number of benzene rings is 1. The van der Waals surface area contributed by atoms with Crippen molar-refractivity contribution in [1.82, 2.24) is 10.1 Å². The van der Waals surface area contributed by atoms with E-state index in [0.29, 0.717) is 12.2 Å². The lowest BCUT2D eigenvalue weighted by Gasteiger charge is -2.06. The van der Waals surface area contributed by atoms with Crippen molar-refractivity contribution in [2.24, 2.45) is 0 Å². The number of carbonyl (C=O) groups excluding carboxylic acids is 1. The van der Waals surface area contributed by atoms with E-state index in [-0.39, 0.29) is 11.6 Å². The van der Waals surface area contributed by atoms with Gasteiger partial charge in [-0.15, -0.1) is 0 Å². The Hall–Kier alpha value is -2.49. The summed E-state index contributed by atoms with van der Waals surface area (Å²) in [6.45, 7) is 1.76. The fourth-order valence-corrected chi connectivity index (χ4v) is 2.55. The lowest BCUT2D eigenvalue weighted by Crippen LogP contribution is -2.15. The number of methoxy groups -OCH3 is 1. The molecule has 1 aromatic carbocycles. The largest absolute Gasteiger partial charge is 0.465 e. The van der Waals surface area contributed by atoms with E-state index in [9.17, 15) is 17.6 Å². The van der Waals surface area contributed by atoms with E-state index in [1.165, 1.54) is 0 Å². The van der Waals surface area contributed by atoms with Gasteiger partial charge in [-0.05, 0) is 18.2 Å². The number of carbonyl (C=O) groups is 1. The summed E-state index contributed by atoms with van der Waals surface area (Å²) >= 11 is 0. The van der Waals surface area contributed by atoms with Crippen molar-refractivity contribution < 1.29 is 26.9 Å². The molecule has 0 aliphatic heterocycles. The first-order chi connectivity index (χ1) is 10.4. The quantitative estimate of drug-likeness (QED) is 0.824. The normalized spacial score (nSPS) is 11.2. The van der Waals surface area contributed by atoms with Gasteiger partial charge in [0, 0.05) is 6.42 Å². The van der Waals surface area contributed by atoms with Crippen LogP contribution >= 0.6 is 0 Å². The van der Waals surface area contributed by atoms with Gasteiger partial charge in [0.25, 0.3) is 10.0 Å². The Balaban J connectivity index is 2.36. The highest BCUT2D eigenvalue weighted by Crippen LogP contribution is 2.18. The van der Waals surface area contributed by atoms with Crippen molar-refractivity contribution in [3.63, 3.8) is 0 Å². The molecule has 0 saturated carbocycles. The summed E-state index contributed by atoms with van der Waals surface area (Å²) < 4.78 is 49.0. The van der Waals surface area contributed by atoms with Crippen LogP contribution in [0.1, 0.15) is 23.1 Å². The molecule has 0 fully saturated rings. The van der Waals surface area contributed by atoms with Crippen LogP contribution in [-0.2, 0) is 21.2 Å². The van der Waals surface area contributed by atoms with E-state index < -0.39 is 26.7 Å². The molecule has 0 radical (unpaired) electrons. The second kappa shape index (κ2) is 6.10. The fraction of sp³-hybridized carbons (Fsp3) is 0.250. The Labute approximate surface area is 125 Å². The van der Waals surface area contributed by atoms with Crippen LogP contribution in [0.25, 0.3) is 0 Å². The number of nitrogens with zero attached hydrogens (tertiary/aromatic N) is 2. The highest BCUT2D eigenvalue weighted by atomic mass is 32.2. The number of anilines is 1. The summed E-state index contributed by atoms with van der Waals surface area (Å²) in [6, 6.07) is 2.26. The third-order valence-electron chi connectivity index (χ3n) is 2.61. The first kappa shape index (κ1) is 15.9. The maximum Gasteiger partial charge on any atom is 0.337 e. The van der Waals surface area contributed by atoms with Crippen molar-refractivity contribution in [3.05, 3.63) is 35.4 Å². The molecular formula is C12H12FN3O5S. The van der Waals surface area contributed by atoms with Gasteiger partial charge >= 0.3 is 12.0 Å². The van der Waals surface area contributed by atoms with Crippen LogP contribution in [0, 0.1) is 5.82 Å². The van der Waals surface area contributed by atoms with E-state index in [0.717, 1.165) is 25.3 Å². The van der Waals surface area contributed by atoms with Crippen LogP contribution in [0.5, 0.6) is 0 Å². The number of hydrogen-bond acceptors (Lipinski definition) is 7. The summed E-state index contributed by atoms with van der Waals surface area (Å²) in [5.74, 6) is -1.45. The molecule has 1 aromatic heterocycles.